The Kier molecular flexibility index (Phi) is 15.7. The Labute approximate surface area is 194 Å². The lowest BCUT2D eigenvalue weighted by atomic mass is 10.1. The molecule has 0 spiro atoms. The molecule has 0 saturated heterocycles. The molecule has 0 aromatic carbocycles. The second-order valence-corrected chi connectivity index (χ2v) is 6.15. The summed E-state index contributed by atoms with van der Waals surface area (Å²) in [6.07, 6.45) is 19.6. The molecule has 1 unspecified atom stereocenters. The van der Waals surface area contributed by atoms with Gasteiger partial charge in [-0.15, -0.1) is 0 Å². The Morgan fingerprint density at radius 3 is 2.31 bits per heavy atom. The lowest BCUT2D eigenvalue weighted by Crippen LogP contribution is -2.09. The first-order chi connectivity index (χ1) is 15.6. The molecule has 2 aromatic heterocycles. The van der Waals surface area contributed by atoms with Crippen molar-refractivity contribution in [3.63, 3.8) is 0 Å². The van der Waals surface area contributed by atoms with E-state index in [0.717, 1.165) is 16.8 Å². The number of aliphatic hydroxyl groups excluding tert-OH is 1. The van der Waals surface area contributed by atoms with Gasteiger partial charge in [0.15, 0.2) is 0 Å². The van der Waals surface area contributed by atoms with E-state index in [1.165, 1.54) is 0 Å². The standard InChI is InChI=1S/C24H27N3O.2C2H6/c1-5-9-12-19(8-4)17-27-18-25-16-23(27)24(28)21-13-14-22(26-15-21)20(10-6-2)11-7-3;2*1-2/h5-16,18,24,28H,2,4,17H2,1,3H3;2*1-2H3/b9-5-,11-7-,19-12+,20-10+;;. The fourth-order valence-electron chi connectivity index (χ4n) is 2.73. The highest BCUT2D eigenvalue weighted by atomic mass is 16.3. The monoisotopic (exact) mass is 433 g/mol. The van der Waals surface area contributed by atoms with Crippen molar-refractivity contribution in [1.29, 1.82) is 0 Å². The van der Waals surface area contributed by atoms with Crippen molar-refractivity contribution in [3.8, 4) is 0 Å². The van der Waals surface area contributed by atoms with E-state index in [-0.39, 0.29) is 0 Å². The average molecular weight is 434 g/mol. The van der Waals surface area contributed by atoms with E-state index < -0.39 is 6.10 Å². The topological polar surface area (TPSA) is 50.9 Å². The highest BCUT2D eigenvalue weighted by Crippen LogP contribution is 2.23. The first-order valence-electron chi connectivity index (χ1n) is 11.2. The van der Waals surface area contributed by atoms with Crippen molar-refractivity contribution in [2.24, 2.45) is 0 Å². The van der Waals surface area contributed by atoms with Crippen LogP contribution in [0.25, 0.3) is 5.57 Å². The minimum atomic E-state index is -0.814. The Morgan fingerprint density at radius 1 is 1.06 bits per heavy atom. The fourth-order valence-corrected chi connectivity index (χ4v) is 2.73. The predicted molar refractivity (Wildman–Crippen MR) is 139 cm³/mol. The summed E-state index contributed by atoms with van der Waals surface area (Å²) in [5, 5.41) is 10.9. The number of hydrogen-bond donors (Lipinski definition) is 1. The normalized spacial score (nSPS) is 12.6. The number of pyridine rings is 1. The first kappa shape index (κ1) is 28.8. The van der Waals surface area contributed by atoms with Gasteiger partial charge in [-0.2, -0.15) is 0 Å². The highest BCUT2D eigenvalue weighted by Gasteiger charge is 2.16. The van der Waals surface area contributed by atoms with Gasteiger partial charge < -0.3 is 9.67 Å². The lowest BCUT2D eigenvalue weighted by Gasteiger charge is -2.15. The summed E-state index contributed by atoms with van der Waals surface area (Å²) in [7, 11) is 0. The molecule has 1 N–H and O–H groups in total. The van der Waals surface area contributed by atoms with E-state index in [1.54, 1.807) is 30.9 Å². The molecule has 2 aromatic rings. The first-order valence-corrected chi connectivity index (χ1v) is 11.2. The number of allylic oxidation sites excluding steroid dienone is 10. The third-order valence-electron chi connectivity index (χ3n) is 4.18. The summed E-state index contributed by atoms with van der Waals surface area (Å²) >= 11 is 0. The molecular formula is C28H39N3O. The van der Waals surface area contributed by atoms with Gasteiger partial charge in [0.2, 0.25) is 0 Å². The molecule has 4 heteroatoms. The SMILES string of the molecule is C=C/C=C(\C=C/C)c1ccc(C(O)c2cncn2C/C(C=C)=C/C=C\C)cn1.CC.CC. The minimum absolute atomic E-state index is 0.583. The second-order valence-electron chi connectivity index (χ2n) is 6.15. The molecule has 2 rings (SSSR count). The summed E-state index contributed by atoms with van der Waals surface area (Å²) < 4.78 is 1.92. The third-order valence-corrected chi connectivity index (χ3v) is 4.18. The van der Waals surface area contributed by atoms with E-state index in [2.05, 4.69) is 23.1 Å². The van der Waals surface area contributed by atoms with Crippen LogP contribution in [-0.4, -0.2) is 19.6 Å². The van der Waals surface area contributed by atoms with E-state index in [9.17, 15) is 5.11 Å². The van der Waals surface area contributed by atoms with Crippen molar-refractivity contribution in [2.45, 2.75) is 54.2 Å². The largest absolute Gasteiger partial charge is 0.382 e. The van der Waals surface area contributed by atoms with Gasteiger partial charge in [-0.3, -0.25) is 4.98 Å². The molecule has 2 heterocycles. The van der Waals surface area contributed by atoms with Crippen molar-refractivity contribution in [1.82, 2.24) is 14.5 Å². The molecule has 0 fully saturated rings. The van der Waals surface area contributed by atoms with Crippen LogP contribution in [0.2, 0.25) is 0 Å². The molecule has 32 heavy (non-hydrogen) atoms. The molecule has 0 saturated carbocycles. The van der Waals surface area contributed by atoms with Crippen LogP contribution in [0.4, 0.5) is 0 Å². The van der Waals surface area contributed by atoms with Crippen molar-refractivity contribution in [2.75, 3.05) is 0 Å². The number of aliphatic hydroxyl groups is 1. The van der Waals surface area contributed by atoms with Gasteiger partial charge in [-0.25, -0.2) is 4.98 Å². The van der Waals surface area contributed by atoms with Gasteiger partial charge >= 0.3 is 0 Å². The molecule has 4 nitrogen and oxygen atoms in total. The van der Waals surface area contributed by atoms with Gasteiger partial charge in [-0.1, -0.05) is 95.5 Å². The summed E-state index contributed by atoms with van der Waals surface area (Å²) in [4.78, 5) is 8.71. The van der Waals surface area contributed by atoms with Gasteiger partial charge in [0.1, 0.15) is 6.10 Å². The highest BCUT2D eigenvalue weighted by molar-refractivity contribution is 5.72. The van der Waals surface area contributed by atoms with Crippen LogP contribution >= 0.6 is 0 Å². The Morgan fingerprint density at radius 2 is 1.78 bits per heavy atom. The maximum atomic E-state index is 10.9. The van der Waals surface area contributed by atoms with Crippen molar-refractivity contribution in [3.05, 3.63) is 115 Å². The summed E-state index contributed by atoms with van der Waals surface area (Å²) in [5.41, 5.74) is 4.24. The molecule has 172 valence electrons. The molecule has 0 bridgehead atoms. The molecular weight excluding hydrogens is 394 g/mol. The number of aromatic nitrogens is 3. The minimum Gasteiger partial charge on any atom is -0.382 e. The Bertz CT molecular complexity index is 912. The van der Waals surface area contributed by atoms with Crippen molar-refractivity contribution < 1.29 is 5.11 Å². The Balaban J connectivity index is 0.00000227. The fraction of sp³-hybridized carbons (Fsp3) is 0.286. The number of imidazole rings is 1. The molecule has 1 atom stereocenters. The predicted octanol–water partition coefficient (Wildman–Crippen LogP) is 7.25. The van der Waals surface area contributed by atoms with Crippen LogP contribution in [-0.2, 0) is 6.54 Å². The zero-order valence-corrected chi connectivity index (χ0v) is 20.5. The van der Waals surface area contributed by atoms with Gasteiger partial charge in [0.05, 0.1) is 23.9 Å². The van der Waals surface area contributed by atoms with E-state index >= 15 is 0 Å². The quantitative estimate of drug-likeness (QED) is 0.424. The van der Waals surface area contributed by atoms with E-state index in [1.807, 2.05) is 94.7 Å². The molecule has 0 radical (unpaired) electrons. The van der Waals surface area contributed by atoms with Gasteiger partial charge in [0.25, 0.3) is 0 Å². The summed E-state index contributed by atoms with van der Waals surface area (Å²) in [6, 6.07) is 3.78. The van der Waals surface area contributed by atoms with Crippen molar-refractivity contribution >= 4 is 5.57 Å². The van der Waals surface area contributed by atoms with Crippen LogP contribution in [0.5, 0.6) is 0 Å². The lowest BCUT2D eigenvalue weighted by molar-refractivity contribution is 0.210. The van der Waals surface area contributed by atoms with E-state index in [4.69, 9.17) is 0 Å². The Hall–Kier alpha value is -3.24. The number of nitrogens with zero attached hydrogens (tertiary/aromatic N) is 3. The summed E-state index contributed by atoms with van der Waals surface area (Å²) in [6.45, 7) is 20.1. The third kappa shape index (κ3) is 8.86. The number of rotatable bonds is 9. The maximum absolute atomic E-state index is 10.9. The van der Waals surface area contributed by atoms with Crippen LogP contribution in [0.15, 0.2) is 98.2 Å². The maximum Gasteiger partial charge on any atom is 0.122 e. The molecule has 0 aliphatic rings. The average Bonchev–Trinajstić information content (AvgIpc) is 3.32. The summed E-state index contributed by atoms with van der Waals surface area (Å²) in [5.74, 6) is 0. The van der Waals surface area contributed by atoms with Crippen LogP contribution < -0.4 is 0 Å². The molecule has 0 aliphatic carbocycles. The smallest absolute Gasteiger partial charge is 0.122 e. The number of hydrogen-bond acceptors (Lipinski definition) is 3. The van der Waals surface area contributed by atoms with E-state index in [0.29, 0.717) is 17.8 Å². The second kappa shape index (κ2) is 17.4. The molecule has 0 amide bonds. The molecule has 0 aliphatic heterocycles. The van der Waals surface area contributed by atoms with Gasteiger partial charge in [0, 0.05) is 18.3 Å². The van der Waals surface area contributed by atoms with Crippen LogP contribution in [0, 0.1) is 0 Å². The van der Waals surface area contributed by atoms with Crippen LogP contribution in [0.1, 0.15) is 64.6 Å². The zero-order chi connectivity index (χ0) is 24.4. The van der Waals surface area contributed by atoms with Crippen LogP contribution in [0.3, 0.4) is 0 Å². The van der Waals surface area contributed by atoms with Gasteiger partial charge in [-0.05, 0) is 31.1 Å². The zero-order valence-electron chi connectivity index (χ0n) is 20.5.